The van der Waals surface area contributed by atoms with E-state index in [2.05, 4.69) is 5.32 Å². The minimum absolute atomic E-state index is 0.113. The van der Waals surface area contributed by atoms with E-state index in [-0.39, 0.29) is 12.6 Å². The molecule has 1 unspecified atom stereocenters. The first-order valence-electron chi connectivity index (χ1n) is 5.70. The molecular formula is C11H23NO2. The van der Waals surface area contributed by atoms with Crippen molar-refractivity contribution in [3.8, 4) is 0 Å². The second kappa shape index (κ2) is 7.21. The summed E-state index contributed by atoms with van der Waals surface area (Å²) in [5.41, 5.74) is 0. The molecule has 14 heavy (non-hydrogen) atoms. The van der Waals surface area contributed by atoms with E-state index in [4.69, 9.17) is 9.84 Å². The third kappa shape index (κ3) is 4.40. The number of ether oxygens (including phenoxy) is 1. The second-order valence-electron chi connectivity index (χ2n) is 4.25. The third-order valence-corrected chi connectivity index (χ3v) is 3.01. The van der Waals surface area contributed by atoms with Crippen molar-refractivity contribution in [2.45, 2.75) is 38.1 Å². The van der Waals surface area contributed by atoms with Crippen molar-refractivity contribution in [2.75, 3.05) is 26.9 Å². The summed E-state index contributed by atoms with van der Waals surface area (Å²) >= 11 is 0. The van der Waals surface area contributed by atoms with Crippen LogP contribution >= 0.6 is 0 Å². The van der Waals surface area contributed by atoms with Crippen LogP contribution < -0.4 is 5.32 Å². The summed E-state index contributed by atoms with van der Waals surface area (Å²) in [7, 11) is 1.67. The van der Waals surface area contributed by atoms with Crippen LogP contribution in [0.5, 0.6) is 0 Å². The minimum atomic E-state index is 0.113. The SMILES string of the molecule is COCC(CO)NCC1CCCCC1. The molecule has 0 spiro atoms. The summed E-state index contributed by atoms with van der Waals surface area (Å²) < 4.78 is 5.01. The van der Waals surface area contributed by atoms with Crippen molar-refractivity contribution < 1.29 is 9.84 Å². The van der Waals surface area contributed by atoms with Gasteiger partial charge in [0.15, 0.2) is 0 Å². The Balaban J connectivity index is 2.10. The Bertz CT molecular complexity index is 130. The molecule has 1 aliphatic carbocycles. The van der Waals surface area contributed by atoms with Crippen molar-refractivity contribution in [3.63, 3.8) is 0 Å². The highest BCUT2D eigenvalue weighted by atomic mass is 16.5. The Morgan fingerprint density at radius 2 is 2.07 bits per heavy atom. The predicted molar refractivity (Wildman–Crippen MR) is 57.3 cm³/mol. The Morgan fingerprint density at radius 1 is 1.36 bits per heavy atom. The molecule has 0 bridgehead atoms. The number of hydrogen-bond donors (Lipinski definition) is 2. The summed E-state index contributed by atoms with van der Waals surface area (Å²) in [4.78, 5) is 0. The average molecular weight is 201 g/mol. The van der Waals surface area contributed by atoms with Gasteiger partial charge in [-0.3, -0.25) is 0 Å². The molecule has 0 radical (unpaired) electrons. The van der Waals surface area contributed by atoms with Crippen LogP contribution in [0.4, 0.5) is 0 Å². The van der Waals surface area contributed by atoms with Gasteiger partial charge in [-0.05, 0) is 25.3 Å². The summed E-state index contributed by atoms with van der Waals surface area (Å²) in [6, 6.07) is 0.113. The Labute approximate surface area is 86.8 Å². The topological polar surface area (TPSA) is 41.5 Å². The quantitative estimate of drug-likeness (QED) is 0.677. The van der Waals surface area contributed by atoms with Crippen molar-refractivity contribution in [2.24, 2.45) is 5.92 Å². The van der Waals surface area contributed by atoms with Gasteiger partial charge >= 0.3 is 0 Å². The van der Waals surface area contributed by atoms with Gasteiger partial charge in [-0.2, -0.15) is 0 Å². The molecule has 1 atom stereocenters. The average Bonchev–Trinajstić information content (AvgIpc) is 2.25. The van der Waals surface area contributed by atoms with Crippen molar-refractivity contribution >= 4 is 0 Å². The van der Waals surface area contributed by atoms with Gasteiger partial charge in [-0.15, -0.1) is 0 Å². The van der Waals surface area contributed by atoms with Gasteiger partial charge in [0, 0.05) is 7.11 Å². The van der Waals surface area contributed by atoms with Crippen LogP contribution in [0.25, 0.3) is 0 Å². The lowest BCUT2D eigenvalue weighted by Crippen LogP contribution is -2.39. The fourth-order valence-electron chi connectivity index (χ4n) is 2.10. The molecule has 1 rings (SSSR count). The number of hydrogen-bond acceptors (Lipinski definition) is 3. The molecule has 2 N–H and O–H groups in total. The van der Waals surface area contributed by atoms with E-state index in [0.717, 1.165) is 12.5 Å². The van der Waals surface area contributed by atoms with Gasteiger partial charge < -0.3 is 15.2 Å². The van der Waals surface area contributed by atoms with E-state index in [1.165, 1.54) is 32.1 Å². The first kappa shape index (κ1) is 12.0. The van der Waals surface area contributed by atoms with Crippen LogP contribution in [0.15, 0.2) is 0 Å². The molecule has 3 heteroatoms. The summed E-state index contributed by atoms with van der Waals surface area (Å²) in [6.07, 6.45) is 6.84. The first-order valence-corrected chi connectivity index (χ1v) is 5.70. The lowest BCUT2D eigenvalue weighted by atomic mass is 9.89. The van der Waals surface area contributed by atoms with E-state index in [0.29, 0.717) is 6.61 Å². The zero-order valence-electron chi connectivity index (χ0n) is 9.17. The standard InChI is InChI=1S/C11H23NO2/c1-14-9-11(8-13)12-7-10-5-3-2-4-6-10/h10-13H,2-9H2,1H3. The maximum absolute atomic E-state index is 9.04. The van der Waals surface area contributed by atoms with E-state index in [1.807, 2.05) is 0 Å². The number of aliphatic hydroxyl groups is 1. The first-order chi connectivity index (χ1) is 6.86. The highest BCUT2D eigenvalue weighted by Gasteiger charge is 2.14. The van der Waals surface area contributed by atoms with Gasteiger partial charge in [0.1, 0.15) is 0 Å². The molecule has 0 aliphatic heterocycles. The zero-order chi connectivity index (χ0) is 10.2. The van der Waals surface area contributed by atoms with Gasteiger partial charge in [-0.1, -0.05) is 19.3 Å². The van der Waals surface area contributed by atoms with Gasteiger partial charge in [0.05, 0.1) is 19.3 Å². The zero-order valence-corrected chi connectivity index (χ0v) is 9.17. The molecule has 0 heterocycles. The molecule has 0 saturated heterocycles. The van der Waals surface area contributed by atoms with Crippen LogP contribution in [0, 0.1) is 5.92 Å². The van der Waals surface area contributed by atoms with Crippen LogP contribution in [-0.4, -0.2) is 38.0 Å². The smallest absolute Gasteiger partial charge is 0.0638 e. The van der Waals surface area contributed by atoms with Crippen molar-refractivity contribution in [1.29, 1.82) is 0 Å². The monoisotopic (exact) mass is 201 g/mol. The van der Waals surface area contributed by atoms with E-state index >= 15 is 0 Å². The number of aliphatic hydroxyl groups excluding tert-OH is 1. The number of methoxy groups -OCH3 is 1. The highest BCUT2D eigenvalue weighted by molar-refractivity contribution is 4.71. The Hall–Kier alpha value is -0.120. The summed E-state index contributed by atoms with van der Waals surface area (Å²) in [5.74, 6) is 0.814. The van der Waals surface area contributed by atoms with Gasteiger partial charge in [0.2, 0.25) is 0 Å². The van der Waals surface area contributed by atoms with Crippen LogP contribution in [0.3, 0.4) is 0 Å². The normalized spacial score (nSPS) is 21.0. The molecule has 1 fully saturated rings. The van der Waals surface area contributed by atoms with E-state index < -0.39 is 0 Å². The second-order valence-corrected chi connectivity index (χ2v) is 4.25. The van der Waals surface area contributed by atoms with Gasteiger partial charge in [-0.25, -0.2) is 0 Å². The Kier molecular flexibility index (Phi) is 6.15. The fraction of sp³-hybridized carbons (Fsp3) is 1.00. The van der Waals surface area contributed by atoms with Gasteiger partial charge in [0.25, 0.3) is 0 Å². The molecular weight excluding hydrogens is 178 g/mol. The largest absolute Gasteiger partial charge is 0.395 e. The molecule has 0 aromatic carbocycles. The Morgan fingerprint density at radius 3 is 2.64 bits per heavy atom. The fourth-order valence-corrected chi connectivity index (χ4v) is 2.10. The number of nitrogens with one attached hydrogen (secondary N) is 1. The molecule has 0 aromatic heterocycles. The lowest BCUT2D eigenvalue weighted by molar-refractivity contribution is 0.124. The molecule has 0 aromatic rings. The molecule has 1 saturated carbocycles. The van der Waals surface area contributed by atoms with E-state index in [1.54, 1.807) is 7.11 Å². The van der Waals surface area contributed by atoms with Crippen molar-refractivity contribution in [1.82, 2.24) is 5.32 Å². The van der Waals surface area contributed by atoms with Crippen molar-refractivity contribution in [3.05, 3.63) is 0 Å². The molecule has 1 aliphatic rings. The molecule has 3 nitrogen and oxygen atoms in total. The minimum Gasteiger partial charge on any atom is -0.395 e. The predicted octanol–water partition coefficient (Wildman–Crippen LogP) is 1.16. The maximum Gasteiger partial charge on any atom is 0.0638 e. The van der Waals surface area contributed by atoms with E-state index in [9.17, 15) is 0 Å². The summed E-state index contributed by atoms with van der Waals surface area (Å²) in [5, 5.41) is 12.4. The van der Waals surface area contributed by atoms with Crippen LogP contribution in [-0.2, 0) is 4.74 Å². The highest BCUT2D eigenvalue weighted by Crippen LogP contribution is 2.22. The third-order valence-electron chi connectivity index (χ3n) is 3.01. The summed E-state index contributed by atoms with van der Waals surface area (Å²) in [6.45, 7) is 1.80. The van der Waals surface area contributed by atoms with Crippen LogP contribution in [0.2, 0.25) is 0 Å². The lowest BCUT2D eigenvalue weighted by Gasteiger charge is -2.24. The molecule has 0 amide bonds. The molecule has 84 valence electrons. The van der Waals surface area contributed by atoms with Crippen LogP contribution in [0.1, 0.15) is 32.1 Å². The number of rotatable bonds is 6. The maximum atomic E-state index is 9.04.